The molecule has 0 fully saturated rings. The zero-order valence-electron chi connectivity index (χ0n) is 15.4. The van der Waals surface area contributed by atoms with Crippen molar-refractivity contribution in [3.8, 4) is 0 Å². The molecule has 0 spiro atoms. The number of halogens is 1. The fourth-order valence-corrected chi connectivity index (χ4v) is 4.01. The Morgan fingerprint density at radius 1 is 0.926 bits per heavy atom. The number of benzene rings is 3. The Kier molecular flexibility index (Phi) is 5.00. The van der Waals surface area contributed by atoms with Gasteiger partial charge in [-0.15, -0.1) is 0 Å². The van der Waals surface area contributed by atoms with Crippen LogP contribution < -0.4 is 0 Å². The summed E-state index contributed by atoms with van der Waals surface area (Å²) in [7, 11) is 0. The Labute approximate surface area is 164 Å². The normalized spacial score (nSPS) is 11.3. The summed E-state index contributed by atoms with van der Waals surface area (Å²) >= 11 is 6.48. The molecular formula is C24H22ClNO. The van der Waals surface area contributed by atoms with Gasteiger partial charge in [-0.3, -0.25) is 4.79 Å². The van der Waals surface area contributed by atoms with E-state index in [9.17, 15) is 4.79 Å². The lowest BCUT2D eigenvalue weighted by molar-refractivity contribution is 0.104. The van der Waals surface area contributed by atoms with E-state index in [1.165, 1.54) is 12.8 Å². The highest BCUT2D eigenvalue weighted by atomic mass is 35.5. The molecule has 0 radical (unpaired) electrons. The van der Waals surface area contributed by atoms with Crippen molar-refractivity contribution in [3.05, 3.63) is 83.0 Å². The molecule has 1 heterocycles. The second kappa shape index (κ2) is 7.58. The number of carbonyl (C=O) groups excluding carboxylic acids is 1. The number of fused-ring (bicyclic) bond motifs is 2. The van der Waals surface area contributed by atoms with E-state index in [-0.39, 0.29) is 5.78 Å². The van der Waals surface area contributed by atoms with Crippen LogP contribution >= 0.6 is 11.6 Å². The monoisotopic (exact) mass is 375 g/mol. The fourth-order valence-electron chi connectivity index (χ4n) is 3.76. The Bertz CT molecular complexity index is 1130. The van der Waals surface area contributed by atoms with Gasteiger partial charge in [0.1, 0.15) is 0 Å². The second-order valence-electron chi connectivity index (χ2n) is 6.93. The van der Waals surface area contributed by atoms with E-state index in [1.54, 1.807) is 0 Å². The van der Waals surface area contributed by atoms with Crippen LogP contribution in [0.1, 0.15) is 42.1 Å². The number of aromatic nitrogens is 1. The van der Waals surface area contributed by atoms with E-state index in [0.29, 0.717) is 10.6 Å². The van der Waals surface area contributed by atoms with Crippen LogP contribution in [0.15, 0.2) is 66.9 Å². The molecule has 4 aromatic rings. The van der Waals surface area contributed by atoms with Gasteiger partial charge in [0.15, 0.2) is 5.78 Å². The summed E-state index contributed by atoms with van der Waals surface area (Å²) in [6, 6.07) is 19.8. The third kappa shape index (κ3) is 3.26. The minimum absolute atomic E-state index is 0.0118. The summed E-state index contributed by atoms with van der Waals surface area (Å²) in [5.41, 5.74) is 2.42. The lowest BCUT2D eigenvalue weighted by atomic mass is 9.97. The van der Waals surface area contributed by atoms with Crippen molar-refractivity contribution in [2.75, 3.05) is 0 Å². The van der Waals surface area contributed by atoms with Crippen LogP contribution in [0, 0.1) is 0 Å². The number of carbonyl (C=O) groups is 1. The molecule has 136 valence electrons. The molecule has 0 atom stereocenters. The lowest BCUT2D eigenvalue weighted by Gasteiger charge is -2.08. The molecule has 0 bridgehead atoms. The topological polar surface area (TPSA) is 22.0 Å². The third-order valence-corrected chi connectivity index (χ3v) is 5.46. The van der Waals surface area contributed by atoms with Crippen LogP contribution in [0.4, 0.5) is 0 Å². The molecule has 0 saturated carbocycles. The number of para-hydroxylation sites is 1. The fraction of sp³-hybridized carbons (Fsp3) is 0.208. The van der Waals surface area contributed by atoms with Crippen LogP contribution in [-0.2, 0) is 6.54 Å². The summed E-state index contributed by atoms with van der Waals surface area (Å²) in [5, 5.41) is 3.42. The molecule has 0 aliphatic carbocycles. The molecule has 27 heavy (non-hydrogen) atoms. The molecule has 4 rings (SSSR count). The largest absolute Gasteiger partial charge is 0.347 e. The third-order valence-electron chi connectivity index (χ3n) is 5.14. The second-order valence-corrected chi connectivity index (χ2v) is 7.34. The van der Waals surface area contributed by atoms with E-state index in [2.05, 4.69) is 17.6 Å². The van der Waals surface area contributed by atoms with E-state index >= 15 is 0 Å². The van der Waals surface area contributed by atoms with E-state index < -0.39 is 0 Å². The van der Waals surface area contributed by atoms with Gasteiger partial charge < -0.3 is 4.57 Å². The zero-order chi connectivity index (χ0) is 18.8. The number of ketones is 1. The summed E-state index contributed by atoms with van der Waals surface area (Å²) in [4.78, 5) is 13.5. The molecule has 0 saturated heterocycles. The van der Waals surface area contributed by atoms with Gasteiger partial charge in [-0.05, 0) is 29.3 Å². The SMILES string of the molecule is CCCCCn1cc(C(=O)c2c(Cl)ccc3ccccc23)c2ccccc21. The van der Waals surface area contributed by atoms with Gasteiger partial charge in [0.05, 0.1) is 5.02 Å². The maximum absolute atomic E-state index is 13.5. The van der Waals surface area contributed by atoms with Gasteiger partial charge in [0.25, 0.3) is 0 Å². The van der Waals surface area contributed by atoms with Crippen molar-refractivity contribution >= 4 is 39.1 Å². The molecule has 0 amide bonds. The number of nitrogens with zero attached hydrogens (tertiary/aromatic N) is 1. The molecule has 0 N–H and O–H groups in total. The molecule has 0 aliphatic heterocycles. The number of unbranched alkanes of at least 4 members (excludes halogenated alkanes) is 2. The molecular weight excluding hydrogens is 354 g/mol. The maximum Gasteiger partial charge on any atom is 0.197 e. The van der Waals surface area contributed by atoms with E-state index in [0.717, 1.165) is 40.2 Å². The molecule has 3 aromatic carbocycles. The highest BCUT2D eigenvalue weighted by Crippen LogP contribution is 2.31. The molecule has 0 aliphatic rings. The van der Waals surface area contributed by atoms with Gasteiger partial charge in [-0.25, -0.2) is 0 Å². The van der Waals surface area contributed by atoms with Crippen molar-refractivity contribution < 1.29 is 4.79 Å². The smallest absolute Gasteiger partial charge is 0.197 e. The van der Waals surface area contributed by atoms with Crippen LogP contribution in [-0.4, -0.2) is 10.4 Å². The quantitative estimate of drug-likeness (QED) is 0.266. The Morgan fingerprint density at radius 3 is 2.48 bits per heavy atom. The van der Waals surface area contributed by atoms with Crippen LogP contribution in [0.25, 0.3) is 21.7 Å². The molecule has 1 aromatic heterocycles. The van der Waals surface area contributed by atoms with Crippen molar-refractivity contribution in [2.45, 2.75) is 32.7 Å². The summed E-state index contributed by atoms with van der Waals surface area (Å²) in [5.74, 6) is -0.0118. The predicted octanol–water partition coefficient (Wildman–Crippen LogP) is 6.87. The van der Waals surface area contributed by atoms with Gasteiger partial charge in [0, 0.05) is 34.8 Å². The van der Waals surface area contributed by atoms with Crippen LogP contribution in [0.2, 0.25) is 5.02 Å². The predicted molar refractivity (Wildman–Crippen MR) is 114 cm³/mol. The Morgan fingerprint density at radius 2 is 1.67 bits per heavy atom. The van der Waals surface area contributed by atoms with Gasteiger partial charge in [-0.2, -0.15) is 0 Å². The van der Waals surface area contributed by atoms with Gasteiger partial charge in [-0.1, -0.05) is 79.9 Å². The lowest BCUT2D eigenvalue weighted by Crippen LogP contribution is -2.03. The van der Waals surface area contributed by atoms with Crippen molar-refractivity contribution in [1.82, 2.24) is 4.57 Å². The number of hydrogen-bond acceptors (Lipinski definition) is 1. The van der Waals surface area contributed by atoms with E-state index in [4.69, 9.17) is 11.6 Å². The maximum atomic E-state index is 13.5. The number of aryl methyl sites for hydroxylation is 1. The van der Waals surface area contributed by atoms with E-state index in [1.807, 2.05) is 60.8 Å². The van der Waals surface area contributed by atoms with Crippen LogP contribution in [0.3, 0.4) is 0 Å². The highest BCUT2D eigenvalue weighted by molar-refractivity contribution is 6.37. The van der Waals surface area contributed by atoms with Crippen molar-refractivity contribution in [3.63, 3.8) is 0 Å². The minimum Gasteiger partial charge on any atom is -0.347 e. The molecule has 2 nitrogen and oxygen atoms in total. The molecule has 3 heteroatoms. The summed E-state index contributed by atoms with van der Waals surface area (Å²) < 4.78 is 2.21. The highest BCUT2D eigenvalue weighted by Gasteiger charge is 2.20. The first-order valence-corrected chi connectivity index (χ1v) is 9.88. The number of rotatable bonds is 6. The van der Waals surface area contributed by atoms with Gasteiger partial charge in [0.2, 0.25) is 0 Å². The van der Waals surface area contributed by atoms with Gasteiger partial charge >= 0.3 is 0 Å². The number of hydrogen-bond donors (Lipinski definition) is 0. The summed E-state index contributed by atoms with van der Waals surface area (Å²) in [6.45, 7) is 3.12. The van der Waals surface area contributed by atoms with Crippen molar-refractivity contribution in [2.24, 2.45) is 0 Å². The summed E-state index contributed by atoms with van der Waals surface area (Å²) in [6.07, 6.45) is 5.47. The van der Waals surface area contributed by atoms with Crippen molar-refractivity contribution in [1.29, 1.82) is 0 Å². The Hall–Kier alpha value is -2.58. The van der Waals surface area contributed by atoms with Crippen LogP contribution in [0.5, 0.6) is 0 Å². The average molecular weight is 376 g/mol. The first kappa shape index (κ1) is 17.8. The zero-order valence-corrected chi connectivity index (χ0v) is 16.2. The molecule has 0 unspecified atom stereocenters. The average Bonchev–Trinajstić information content (AvgIpc) is 3.07. The Balaban J connectivity index is 1.86. The first-order valence-electron chi connectivity index (χ1n) is 9.50. The standard InChI is InChI=1S/C24H22ClNO/c1-2-3-8-15-26-16-20(19-11-6-7-12-22(19)26)24(27)23-18-10-5-4-9-17(18)13-14-21(23)25/h4-7,9-14,16H,2-3,8,15H2,1H3. The minimum atomic E-state index is -0.0118. The first-order chi connectivity index (χ1) is 13.2.